The second kappa shape index (κ2) is 9.97. The van der Waals surface area contributed by atoms with Gasteiger partial charge < -0.3 is 14.2 Å². The number of anilines is 1. The predicted molar refractivity (Wildman–Crippen MR) is 126 cm³/mol. The Bertz CT molecular complexity index is 974. The highest BCUT2D eigenvalue weighted by atomic mass is 16.3. The van der Waals surface area contributed by atoms with Crippen LogP contribution in [-0.4, -0.2) is 36.5 Å². The second-order valence-corrected chi connectivity index (χ2v) is 8.40. The fourth-order valence-corrected chi connectivity index (χ4v) is 4.65. The number of piperidine rings is 1. The van der Waals surface area contributed by atoms with Crippen LogP contribution in [0.15, 0.2) is 71.3 Å². The van der Waals surface area contributed by atoms with E-state index in [1.165, 1.54) is 11.1 Å². The van der Waals surface area contributed by atoms with Gasteiger partial charge in [-0.25, -0.2) is 0 Å². The van der Waals surface area contributed by atoms with E-state index >= 15 is 0 Å². The fraction of sp³-hybridized carbons (Fsp3) is 0.370. The van der Waals surface area contributed by atoms with Crippen molar-refractivity contribution in [1.29, 1.82) is 0 Å². The summed E-state index contributed by atoms with van der Waals surface area (Å²) in [5.41, 5.74) is 4.80. The number of likely N-dealkylation sites (tertiary alicyclic amines) is 1. The van der Waals surface area contributed by atoms with Crippen LogP contribution in [0.1, 0.15) is 47.0 Å². The summed E-state index contributed by atoms with van der Waals surface area (Å²) in [6, 6.07) is 20.7. The number of carbonyl (C=O) groups excluding carboxylic acids is 1. The average Bonchev–Trinajstić information content (AvgIpc) is 3.35. The van der Waals surface area contributed by atoms with Crippen molar-refractivity contribution in [3.8, 4) is 0 Å². The van der Waals surface area contributed by atoms with Gasteiger partial charge in [0.2, 0.25) is 0 Å². The summed E-state index contributed by atoms with van der Waals surface area (Å²) in [6.45, 7) is 7.33. The third kappa shape index (κ3) is 4.91. The standard InChI is InChI=1S/C27H32N2O2/c1-3-23-12-7-9-21(2)26(23)29(27(30)25-13-8-20-31-25)24-15-18-28(19-16-24)17-14-22-10-5-4-6-11-22/h4-13,20,24H,3,14-19H2,1-2H3. The Balaban J connectivity index is 1.51. The van der Waals surface area contributed by atoms with Crippen molar-refractivity contribution in [2.75, 3.05) is 24.5 Å². The van der Waals surface area contributed by atoms with E-state index in [2.05, 4.69) is 67.3 Å². The van der Waals surface area contributed by atoms with Crippen molar-refractivity contribution in [3.05, 3.63) is 89.4 Å². The lowest BCUT2D eigenvalue weighted by Crippen LogP contribution is -2.48. The molecule has 2 aromatic carbocycles. The van der Waals surface area contributed by atoms with E-state index in [1.807, 2.05) is 4.90 Å². The van der Waals surface area contributed by atoms with Gasteiger partial charge in [-0.1, -0.05) is 55.5 Å². The average molecular weight is 417 g/mol. The zero-order chi connectivity index (χ0) is 21.6. The molecule has 0 atom stereocenters. The maximum atomic E-state index is 13.5. The monoisotopic (exact) mass is 416 g/mol. The Hall–Kier alpha value is -2.85. The summed E-state index contributed by atoms with van der Waals surface area (Å²) in [5.74, 6) is 0.383. The molecule has 1 fully saturated rings. The minimum atomic E-state index is -0.0308. The van der Waals surface area contributed by atoms with E-state index < -0.39 is 0 Å². The molecule has 0 bridgehead atoms. The highest BCUT2D eigenvalue weighted by molar-refractivity contribution is 6.05. The third-order valence-corrected chi connectivity index (χ3v) is 6.38. The number of hydrogen-bond donors (Lipinski definition) is 0. The zero-order valence-electron chi connectivity index (χ0n) is 18.6. The molecule has 0 saturated carbocycles. The lowest BCUT2D eigenvalue weighted by Gasteiger charge is -2.39. The molecule has 1 aliphatic heterocycles. The number of nitrogens with zero attached hydrogens (tertiary/aromatic N) is 2. The Morgan fingerprint density at radius 2 is 1.81 bits per heavy atom. The molecule has 2 heterocycles. The van der Waals surface area contributed by atoms with Gasteiger partial charge in [0.1, 0.15) is 0 Å². The van der Waals surface area contributed by atoms with Crippen LogP contribution in [0, 0.1) is 6.92 Å². The molecule has 0 radical (unpaired) electrons. The molecular weight excluding hydrogens is 384 g/mol. The summed E-state index contributed by atoms with van der Waals surface area (Å²) in [5, 5.41) is 0. The van der Waals surface area contributed by atoms with Gasteiger partial charge in [0.05, 0.1) is 12.0 Å². The van der Waals surface area contributed by atoms with Crippen LogP contribution in [0.3, 0.4) is 0 Å². The van der Waals surface area contributed by atoms with Gasteiger partial charge in [-0.3, -0.25) is 4.79 Å². The van der Waals surface area contributed by atoms with Crippen molar-refractivity contribution >= 4 is 11.6 Å². The summed E-state index contributed by atoms with van der Waals surface area (Å²) in [4.78, 5) is 18.1. The zero-order valence-corrected chi connectivity index (χ0v) is 18.6. The summed E-state index contributed by atoms with van der Waals surface area (Å²) < 4.78 is 5.51. The third-order valence-electron chi connectivity index (χ3n) is 6.38. The van der Waals surface area contributed by atoms with Gasteiger partial charge >= 0.3 is 0 Å². The van der Waals surface area contributed by atoms with Gasteiger partial charge in [0, 0.05) is 25.7 Å². The quantitative estimate of drug-likeness (QED) is 0.510. The molecule has 4 rings (SSSR count). The van der Waals surface area contributed by atoms with Crippen LogP contribution in [0.2, 0.25) is 0 Å². The smallest absolute Gasteiger partial charge is 0.294 e. The maximum Gasteiger partial charge on any atom is 0.294 e. The van der Waals surface area contributed by atoms with E-state index in [0.717, 1.165) is 56.6 Å². The Labute approximate surface area is 185 Å². The molecule has 162 valence electrons. The number of hydrogen-bond acceptors (Lipinski definition) is 3. The molecule has 1 aliphatic rings. The molecular formula is C27H32N2O2. The van der Waals surface area contributed by atoms with Gasteiger partial charge in [-0.05, 0) is 61.4 Å². The lowest BCUT2D eigenvalue weighted by atomic mass is 9.97. The fourth-order valence-electron chi connectivity index (χ4n) is 4.65. The number of para-hydroxylation sites is 1. The highest BCUT2D eigenvalue weighted by Crippen LogP contribution is 2.32. The van der Waals surface area contributed by atoms with Gasteiger partial charge in [-0.2, -0.15) is 0 Å². The van der Waals surface area contributed by atoms with Gasteiger partial charge in [0.25, 0.3) is 5.91 Å². The van der Waals surface area contributed by atoms with Crippen molar-refractivity contribution in [2.24, 2.45) is 0 Å². The van der Waals surface area contributed by atoms with Crippen LogP contribution in [-0.2, 0) is 12.8 Å². The molecule has 4 nitrogen and oxygen atoms in total. The Morgan fingerprint density at radius 1 is 1.03 bits per heavy atom. The topological polar surface area (TPSA) is 36.7 Å². The van der Waals surface area contributed by atoms with E-state index in [9.17, 15) is 4.79 Å². The molecule has 0 spiro atoms. The Kier molecular flexibility index (Phi) is 6.88. The molecule has 4 heteroatoms. The second-order valence-electron chi connectivity index (χ2n) is 8.40. The first-order valence-corrected chi connectivity index (χ1v) is 11.4. The molecule has 31 heavy (non-hydrogen) atoms. The maximum absolute atomic E-state index is 13.5. The molecule has 1 amide bonds. The number of amides is 1. The first kappa shape index (κ1) is 21.4. The van der Waals surface area contributed by atoms with Gasteiger partial charge in [-0.15, -0.1) is 0 Å². The van der Waals surface area contributed by atoms with Crippen molar-refractivity contribution < 1.29 is 9.21 Å². The Morgan fingerprint density at radius 3 is 2.48 bits per heavy atom. The molecule has 0 aliphatic carbocycles. The lowest BCUT2D eigenvalue weighted by molar-refractivity contribution is 0.0933. The van der Waals surface area contributed by atoms with E-state index in [0.29, 0.717) is 5.76 Å². The number of carbonyl (C=O) groups is 1. The van der Waals surface area contributed by atoms with Crippen LogP contribution in [0.25, 0.3) is 0 Å². The minimum Gasteiger partial charge on any atom is -0.459 e. The van der Waals surface area contributed by atoms with Crippen molar-refractivity contribution in [1.82, 2.24) is 4.90 Å². The van der Waals surface area contributed by atoms with Crippen LogP contribution < -0.4 is 4.90 Å². The number of aryl methyl sites for hydroxylation is 2. The summed E-state index contributed by atoms with van der Waals surface area (Å²) >= 11 is 0. The molecule has 0 N–H and O–H groups in total. The molecule has 1 aromatic heterocycles. The normalized spacial score (nSPS) is 15.2. The number of benzene rings is 2. The van der Waals surface area contributed by atoms with Gasteiger partial charge in [0.15, 0.2) is 5.76 Å². The van der Waals surface area contributed by atoms with Crippen LogP contribution >= 0.6 is 0 Å². The molecule has 3 aromatic rings. The first-order chi connectivity index (χ1) is 15.2. The van der Waals surface area contributed by atoms with Crippen LogP contribution in [0.5, 0.6) is 0 Å². The number of rotatable bonds is 7. The van der Waals surface area contributed by atoms with Crippen LogP contribution in [0.4, 0.5) is 5.69 Å². The number of furan rings is 1. The highest BCUT2D eigenvalue weighted by Gasteiger charge is 2.32. The summed E-state index contributed by atoms with van der Waals surface area (Å²) in [6.07, 6.45) is 5.49. The van der Waals surface area contributed by atoms with Crippen molar-refractivity contribution in [2.45, 2.75) is 45.6 Å². The SMILES string of the molecule is CCc1cccc(C)c1N(C(=O)c1ccco1)C1CCN(CCc2ccccc2)CC1. The van der Waals surface area contributed by atoms with E-state index in [4.69, 9.17) is 4.42 Å². The van der Waals surface area contributed by atoms with Crippen molar-refractivity contribution in [3.63, 3.8) is 0 Å². The molecule has 1 saturated heterocycles. The first-order valence-electron chi connectivity index (χ1n) is 11.4. The van der Waals surface area contributed by atoms with E-state index in [1.54, 1.807) is 18.4 Å². The summed E-state index contributed by atoms with van der Waals surface area (Å²) in [7, 11) is 0. The minimum absolute atomic E-state index is 0.0308. The van der Waals surface area contributed by atoms with E-state index in [-0.39, 0.29) is 11.9 Å². The largest absolute Gasteiger partial charge is 0.459 e. The molecule has 0 unspecified atom stereocenters. The predicted octanol–water partition coefficient (Wildman–Crippen LogP) is 5.50.